The minimum atomic E-state index is 0.0329. The molecule has 1 aliphatic carbocycles. The molecule has 0 bridgehead atoms. The molecule has 1 fully saturated rings. The Morgan fingerprint density at radius 1 is 1.32 bits per heavy atom. The molecule has 0 aliphatic heterocycles. The molecule has 0 spiro atoms. The second kappa shape index (κ2) is 4.27. The molecule has 4 nitrogen and oxygen atoms in total. The van der Waals surface area contributed by atoms with E-state index in [9.17, 15) is 0 Å². The SMILES string of the molecule is CC1(n2c(N)nc3ccc(C#N)cc32)CCCCC1. The summed E-state index contributed by atoms with van der Waals surface area (Å²) >= 11 is 0. The fourth-order valence-corrected chi connectivity index (χ4v) is 3.27. The Morgan fingerprint density at radius 2 is 2.05 bits per heavy atom. The van der Waals surface area contributed by atoms with E-state index >= 15 is 0 Å². The first kappa shape index (κ1) is 12.0. The third-order valence-electron chi connectivity index (χ3n) is 4.28. The zero-order chi connectivity index (χ0) is 13.5. The molecule has 1 aliphatic rings. The van der Waals surface area contributed by atoms with Gasteiger partial charge in [-0.25, -0.2) is 4.98 Å². The minimum absolute atomic E-state index is 0.0329. The van der Waals surface area contributed by atoms with E-state index in [1.165, 1.54) is 19.3 Å². The highest BCUT2D eigenvalue weighted by Gasteiger charge is 2.31. The second-order valence-electron chi connectivity index (χ2n) is 5.68. The molecule has 0 radical (unpaired) electrons. The lowest BCUT2D eigenvalue weighted by Gasteiger charge is -2.36. The van der Waals surface area contributed by atoms with E-state index in [1.807, 2.05) is 12.1 Å². The first-order valence-electron chi connectivity index (χ1n) is 6.83. The average molecular weight is 254 g/mol. The van der Waals surface area contributed by atoms with Crippen LogP contribution in [0.1, 0.15) is 44.6 Å². The number of anilines is 1. The topological polar surface area (TPSA) is 67.6 Å². The van der Waals surface area contributed by atoms with Crippen LogP contribution in [0.3, 0.4) is 0 Å². The Balaban J connectivity index is 2.21. The van der Waals surface area contributed by atoms with Crippen LogP contribution in [0.4, 0.5) is 5.95 Å². The molecular formula is C15H18N4. The molecular weight excluding hydrogens is 236 g/mol. The summed E-state index contributed by atoms with van der Waals surface area (Å²) in [6.45, 7) is 2.25. The van der Waals surface area contributed by atoms with Gasteiger partial charge in [0.1, 0.15) is 0 Å². The third kappa shape index (κ3) is 1.86. The highest BCUT2D eigenvalue weighted by atomic mass is 15.2. The lowest BCUT2D eigenvalue weighted by atomic mass is 9.83. The number of hydrogen-bond acceptors (Lipinski definition) is 3. The van der Waals surface area contributed by atoms with E-state index in [1.54, 1.807) is 6.07 Å². The summed E-state index contributed by atoms with van der Waals surface area (Å²) in [5.74, 6) is 0.564. The molecule has 0 amide bonds. The van der Waals surface area contributed by atoms with Crippen molar-refractivity contribution in [1.29, 1.82) is 5.26 Å². The van der Waals surface area contributed by atoms with Gasteiger partial charge in [0.15, 0.2) is 0 Å². The zero-order valence-corrected chi connectivity index (χ0v) is 11.2. The number of fused-ring (bicyclic) bond motifs is 1. The van der Waals surface area contributed by atoms with Gasteiger partial charge in [-0.15, -0.1) is 0 Å². The molecule has 2 aromatic rings. The Bertz CT molecular complexity index is 657. The van der Waals surface area contributed by atoms with Crippen molar-refractivity contribution in [3.8, 4) is 6.07 Å². The Kier molecular flexibility index (Phi) is 2.70. The smallest absolute Gasteiger partial charge is 0.201 e. The summed E-state index contributed by atoms with van der Waals surface area (Å²) in [6.07, 6.45) is 6.01. The predicted molar refractivity (Wildman–Crippen MR) is 75.6 cm³/mol. The van der Waals surface area contributed by atoms with Gasteiger partial charge >= 0.3 is 0 Å². The van der Waals surface area contributed by atoms with Gasteiger partial charge < -0.3 is 10.3 Å². The van der Waals surface area contributed by atoms with Crippen molar-refractivity contribution in [3.05, 3.63) is 23.8 Å². The number of imidazole rings is 1. The highest BCUT2D eigenvalue weighted by Crippen LogP contribution is 2.38. The molecule has 0 unspecified atom stereocenters. The van der Waals surface area contributed by atoms with Crippen molar-refractivity contribution in [3.63, 3.8) is 0 Å². The normalized spacial score (nSPS) is 18.3. The Labute approximate surface area is 112 Å². The van der Waals surface area contributed by atoms with Gasteiger partial charge in [0.25, 0.3) is 0 Å². The molecule has 3 rings (SSSR count). The van der Waals surface area contributed by atoms with Crippen LogP contribution >= 0.6 is 0 Å². The van der Waals surface area contributed by atoms with Crippen LogP contribution in [0.15, 0.2) is 18.2 Å². The van der Waals surface area contributed by atoms with Crippen molar-refractivity contribution in [2.75, 3.05) is 5.73 Å². The zero-order valence-electron chi connectivity index (χ0n) is 11.2. The standard InChI is InChI=1S/C15H18N4/c1-15(7-3-2-4-8-15)19-13-9-11(10-16)5-6-12(13)18-14(19)17/h5-6,9H,2-4,7-8H2,1H3,(H2,17,18). The van der Waals surface area contributed by atoms with Gasteiger partial charge in [-0.2, -0.15) is 5.26 Å². The first-order valence-corrected chi connectivity index (χ1v) is 6.83. The van der Waals surface area contributed by atoms with Crippen LogP contribution in [0.2, 0.25) is 0 Å². The number of nitrogens with two attached hydrogens (primary N) is 1. The van der Waals surface area contributed by atoms with E-state index in [0.717, 1.165) is 23.9 Å². The number of nitriles is 1. The molecule has 1 heterocycles. The quantitative estimate of drug-likeness (QED) is 0.849. The molecule has 0 atom stereocenters. The average Bonchev–Trinajstić information content (AvgIpc) is 2.74. The van der Waals surface area contributed by atoms with Gasteiger partial charge in [-0.3, -0.25) is 0 Å². The summed E-state index contributed by atoms with van der Waals surface area (Å²) < 4.78 is 2.14. The fraction of sp³-hybridized carbons (Fsp3) is 0.467. The van der Waals surface area contributed by atoms with Crippen LogP contribution < -0.4 is 5.73 Å². The molecule has 4 heteroatoms. The largest absolute Gasteiger partial charge is 0.369 e. The van der Waals surface area contributed by atoms with Crippen molar-refractivity contribution < 1.29 is 0 Å². The molecule has 0 saturated heterocycles. The molecule has 98 valence electrons. The van der Waals surface area contributed by atoms with Crippen molar-refractivity contribution in [2.45, 2.75) is 44.6 Å². The summed E-state index contributed by atoms with van der Waals surface area (Å²) in [5.41, 5.74) is 8.69. The van der Waals surface area contributed by atoms with E-state index in [-0.39, 0.29) is 5.54 Å². The van der Waals surface area contributed by atoms with Crippen molar-refractivity contribution >= 4 is 17.0 Å². The van der Waals surface area contributed by atoms with E-state index in [4.69, 9.17) is 11.0 Å². The summed E-state index contributed by atoms with van der Waals surface area (Å²) in [6, 6.07) is 7.77. The number of rotatable bonds is 1. The lowest BCUT2D eigenvalue weighted by molar-refractivity contribution is 0.228. The third-order valence-corrected chi connectivity index (χ3v) is 4.28. The number of nitrogens with zero attached hydrogens (tertiary/aromatic N) is 3. The van der Waals surface area contributed by atoms with Gasteiger partial charge in [0.05, 0.1) is 22.7 Å². The summed E-state index contributed by atoms with van der Waals surface area (Å²) in [4.78, 5) is 4.44. The molecule has 2 N–H and O–H groups in total. The maximum absolute atomic E-state index is 9.06. The van der Waals surface area contributed by atoms with Gasteiger partial charge in [0.2, 0.25) is 5.95 Å². The summed E-state index contributed by atoms with van der Waals surface area (Å²) in [5, 5.41) is 9.06. The maximum Gasteiger partial charge on any atom is 0.201 e. The number of benzene rings is 1. The number of aromatic nitrogens is 2. The molecule has 1 saturated carbocycles. The van der Waals surface area contributed by atoms with Gasteiger partial charge in [0, 0.05) is 5.54 Å². The van der Waals surface area contributed by atoms with Gasteiger partial charge in [-0.05, 0) is 38.0 Å². The van der Waals surface area contributed by atoms with E-state index < -0.39 is 0 Å². The minimum Gasteiger partial charge on any atom is -0.369 e. The first-order chi connectivity index (χ1) is 9.14. The predicted octanol–water partition coefficient (Wildman–Crippen LogP) is 3.17. The molecule has 19 heavy (non-hydrogen) atoms. The summed E-state index contributed by atoms with van der Waals surface area (Å²) in [7, 11) is 0. The van der Waals surface area contributed by atoms with E-state index in [0.29, 0.717) is 11.5 Å². The van der Waals surface area contributed by atoms with Crippen molar-refractivity contribution in [2.24, 2.45) is 0 Å². The monoisotopic (exact) mass is 254 g/mol. The van der Waals surface area contributed by atoms with Crippen LogP contribution in [0, 0.1) is 11.3 Å². The Hall–Kier alpha value is -2.02. The van der Waals surface area contributed by atoms with Crippen LogP contribution in [0.5, 0.6) is 0 Å². The fourth-order valence-electron chi connectivity index (χ4n) is 3.27. The number of nitrogen functional groups attached to an aromatic ring is 1. The van der Waals surface area contributed by atoms with Crippen LogP contribution in [0.25, 0.3) is 11.0 Å². The van der Waals surface area contributed by atoms with E-state index in [2.05, 4.69) is 22.5 Å². The number of hydrogen-bond donors (Lipinski definition) is 1. The van der Waals surface area contributed by atoms with Crippen molar-refractivity contribution in [1.82, 2.24) is 9.55 Å². The second-order valence-corrected chi connectivity index (χ2v) is 5.68. The van der Waals surface area contributed by atoms with Gasteiger partial charge in [-0.1, -0.05) is 19.3 Å². The molecule has 1 aromatic carbocycles. The Morgan fingerprint density at radius 3 is 2.74 bits per heavy atom. The van der Waals surface area contributed by atoms with Crippen LogP contribution in [-0.4, -0.2) is 9.55 Å². The van der Waals surface area contributed by atoms with Crippen LogP contribution in [-0.2, 0) is 5.54 Å². The highest BCUT2D eigenvalue weighted by molar-refractivity contribution is 5.80. The molecule has 1 aromatic heterocycles. The maximum atomic E-state index is 9.06. The lowest BCUT2D eigenvalue weighted by Crippen LogP contribution is -2.33.